The van der Waals surface area contributed by atoms with Crippen LogP contribution in [0, 0.1) is 13.8 Å². The highest BCUT2D eigenvalue weighted by Crippen LogP contribution is 2.40. The summed E-state index contributed by atoms with van der Waals surface area (Å²) in [7, 11) is 0. The minimum atomic E-state index is -0.853. The molecule has 0 aliphatic heterocycles. The Bertz CT molecular complexity index is 885. The Morgan fingerprint density at radius 3 is 1.41 bits per heavy atom. The summed E-state index contributed by atoms with van der Waals surface area (Å²) in [6.07, 6.45) is 2.59. The first-order chi connectivity index (χ1) is 16.2. The van der Waals surface area contributed by atoms with Crippen molar-refractivity contribution in [1.82, 2.24) is 0 Å². The maximum absolute atomic E-state index is 12.1. The first-order valence-electron chi connectivity index (χ1n) is 11.1. The van der Waals surface area contributed by atoms with Gasteiger partial charge in [-0.05, 0) is 62.8 Å². The molecule has 1 aromatic carbocycles. The number of hydrogen-bond acceptors (Lipinski definition) is 10. The lowest BCUT2D eigenvalue weighted by Gasteiger charge is -2.22. The van der Waals surface area contributed by atoms with Gasteiger partial charge in [0, 0.05) is 0 Å². The number of esters is 2. The Morgan fingerprint density at radius 1 is 0.765 bits per heavy atom. The molecule has 0 unspecified atom stereocenters. The van der Waals surface area contributed by atoms with Crippen molar-refractivity contribution in [2.24, 2.45) is 9.98 Å². The lowest BCUT2D eigenvalue weighted by Crippen LogP contribution is -2.25. The van der Waals surface area contributed by atoms with Gasteiger partial charge in [-0.25, -0.2) is 19.2 Å². The van der Waals surface area contributed by atoms with Gasteiger partial charge < -0.3 is 18.9 Å². The van der Waals surface area contributed by atoms with Crippen LogP contribution in [0.1, 0.15) is 62.8 Å². The Kier molecular flexibility index (Phi) is 12.6. The lowest BCUT2D eigenvalue weighted by atomic mass is 9.94. The number of ether oxygens (including phenoxy) is 4. The quantitative estimate of drug-likeness (QED) is 0.224. The van der Waals surface area contributed by atoms with Crippen molar-refractivity contribution in [2.45, 2.75) is 79.8 Å². The molecular weight excluding hydrogens is 444 g/mol. The van der Waals surface area contributed by atoms with E-state index in [0.29, 0.717) is 35.1 Å². The van der Waals surface area contributed by atoms with Crippen LogP contribution >= 0.6 is 0 Å². The normalized spacial score (nSPS) is 12.2. The van der Waals surface area contributed by atoms with Gasteiger partial charge in [-0.15, -0.1) is 0 Å². The number of rotatable bonds is 14. The van der Waals surface area contributed by atoms with E-state index in [1.807, 2.05) is 13.8 Å². The van der Waals surface area contributed by atoms with Crippen molar-refractivity contribution in [3.05, 3.63) is 22.3 Å². The van der Waals surface area contributed by atoms with Crippen LogP contribution in [0.5, 0.6) is 0 Å². The zero-order chi connectivity index (χ0) is 25.7. The molecule has 1 aromatic rings. The van der Waals surface area contributed by atoms with Crippen LogP contribution in [0.4, 0.5) is 11.4 Å². The van der Waals surface area contributed by atoms with Crippen LogP contribution in [0.2, 0.25) is 0 Å². The second-order valence-electron chi connectivity index (χ2n) is 7.55. The second kappa shape index (κ2) is 14.9. The maximum Gasteiger partial charge on any atom is 0.334 e. The summed E-state index contributed by atoms with van der Waals surface area (Å²) in [5, 5.41) is 0. The summed E-state index contributed by atoms with van der Waals surface area (Å²) >= 11 is 0. The highest BCUT2D eigenvalue weighted by atomic mass is 16.6. The van der Waals surface area contributed by atoms with E-state index in [1.165, 1.54) is 12.2 Å². The first kappa shape index (κ1) is 28.9. The van der Waals surface area contributed by atoms with Crippen LogP contribution in [0.15, 0.2) is 9.98 Å². The lowest BCUT2D eigenvalue weighted by molar-refractivity contribution is -0.158. The van der Waals surface area contributed by atoms with E-state index in [-0.39, 0.29) is 37.8 Å². The van der Waals surface area contributed by atoms with Crippen molar-refractivity contribution in [3.63, 3.8) is 0 Å². The van der Waals surface area contributed by atoms with Crippen molar-refractivity contribution in [3.8, 4) is 0 Å². The van der Waals surface area contributed by atoms with Gasteiger partial charge in [0.15, 0.2) is 12.2 Å². The average Bonchev–Trinajstić information content (AvgIpc) is 2.83. The molecule has 0 N–H and O–H groups in total. The third-order valence-corrected chi connectivity index (χ3v) is 5.04. The van der Waals surface area contributed by atoms with E-state index in [0.717, 1.165) is 0 Å². The van der Waals surface area contributed by atoms with Gasteiger partial charge in [-0.2, -0.15) is 9.98 Å². The zero-order valence-electron chi connectivity index (χ0n) is 20.6. The number of isocyanates is 2. The molecule has 34 heavy (non-hydrogen) atoms. The third-order valence-electron chi connectivity index (χ3n) is 5.04. The van der Waals surface area contributed by atoms with Crippen LogP contribution < -0.4 is 0 Å². The van der Waals surface area contributed by atoms with Gasteiger partial charge in [0.25, 0.3) is 0 Å². The predicted molar refractivity (Wildman–Crippen MR) is 122 cm³/mol. The molecule has 0 fully saturated rings. The maximum atomic E-state index is 12.1. The van der Waals surface area contributed by atoms with Crippen LogP contribution in [-0.4, -0.2) is 49.5 Å². The van der Waals surface area contributed by atoms with E-state index < -0.39 is 24.1 Å². The molecule has 0 aliphatic rings. The van der Waals surface area contributed by atoms with E-state index >= 15 is 0 Å². The van der Waals surface area contributed by atoms with Crippen molar-refractivity contribution < 1.29 is 38.1 Å². The summed E-state index contributed by atoms with van der Waals surface area (Å²) in [5.74, 6) is -1.01. The van der Waals surface area contributed by atoms with Gasteiger partial charge in [-0.1, -0.05) is 13.8 Å². The molecule has 10 nitrogen and oxygen atoms in total. The molecule has 0 aromatic heterocycles. The summed E-state index contributed by atoms with van der Waals surface area (Å²) in [4.78, 5) is 53.6. The first-order valence-corrected chi connectivity index (χ1v) is 11.1. The Hall–Kier alpha value is -3.16. The molecule has 0 amide bonds. The van der Waals surface area contributed by atoms with Crippen molar-refractivity contribution in [2.75, 3.05) is 13.2 Å². The van der Waals surface area contributed by atoms with Crippen molar-refractivity contribution >= 4 is 35.5 Å². The Morgan fingerprint density at radius 2 is 1.12 bits per heavy atom. The fraction of sp³-hybridized carbons (Fsp3) is 0.583. The molecule has 0 heterocycles. The van der Waals surface area contributed by atoms with Crippen LogP contribution in [-0.2, 0) is 51.3 Å². The van der Waals surface area contributed by atoms with Gasteiger partial charge >= 0.3 is 11.9 Å². The Balaban J connectivity index is 3.36. The highest BCUT2D eigenvalue weighted by molar-refractivity contribution is 5.78. The van der Waals surface area contributed by atoms with E-state index in [4.69, 9.17) is 18.9 Å². The third kappa shape index (κ3) is 8.01. The fourth-order valence-corrected chi connectivity index (χ4v) is 3.04. The minimum absolute atomic E-state index is 0.0467. The number of carbonyl (C=O) groups excluding carboxylic acids is 4. The molecule has 186 valence electrons. The predicted octanol–water partition coefficient (Wildman–Crippen LogP) is 3.95. The van der Waals surface area contributed by atoms with Crippen LogP contribution in [0.3, 0.4) is 0 Å². The average molecular weight is 477 g/mol. The topological polar surface area (TPSA) is 130 Å². The molecule has 0 saturated heterocycles. The zero-order valence-corrected chi connectivity index (χ0v) is 20.6. The monoisotopic (exact) mass is 476 g/mol. The smallest absolute Gasteiger partial charge is 0.334 e. The Labute approximate surface area is 199 Å². The van der Waals surface area contributed by atoms with Gasteiger partial charge in [-0.3, -0.25) is 0 Å². The summed E-state index contributed by atoms with van der Waals surface area (Å²) in [6, 6.07) is 0. The molecule has 0 spiro atoms. The minimum Gasteiger partial charge on any atom is -0.464 e. The summed E-state index contributed by atoms with van der Waals surface area (Å²) < 4.78 is 21.7. The molecule has 2 atom stereocenters. The second-order valence-corrected chi connectivity index (χ2v) is 7.55. The SMILES string of the molecule is CCCOC(=O)[C@H](C)OCc1c(C)c(N=C=O)c(N=C=O)c(C)c1CO[C@@H](C)C(=O)OCCC. The number of benzene rings is 1. The number of aliphatic imine (C=N–C) groups is 2. The highest BCUT2D eigenvalue weighted by Gasteiger charge is 2.24. The number of hydrogen-bond donors (Lipinski definition) is 0. The van der Waals surface area contributed by atoms with Crippen molar-refractivity contribution in [1.29, 1.82) is 0 Å². The molecule has 0 aliphatic carbocycles. The molecule has 0 bridgehead atoms. The summed E-state index contributed by atoms with van der Waals surface area (Å²) in [6.45, 7) is 10.7. The molecule has 10 heteroatoms. The van der Waals surface area contributed by atoms with Gasteiger partial charge in [0.2, 0.25) is 12.2 Å². The fourth-order valence-electron chi connectivity index (χ4n) is 3.04. The number of carbonyl (C=O) groups is 2. The molecule has 1 rings (SSSR count). The number of nitrogens with zero attached hydrogens (tertiary/aromatic N) is 2. The van der Waals surface area contributed by atoms with E-state index in [1.54, 1.807) is 27.7 Å². The summed E-state index contributed by atoms with van der Waals surface area (Å²) in [5.41, 5.74) is 2.37. The molecular formula is C24H32N2O8. The van der Waals surface area contributed by atoms with Gasteiger partial charge in [0.05, 0.1) is 26.4 Å². The van der Waals surface area contributed by atoms with Gasteiger partial charge in [0.1, 0.15) is 11.4 Å². The standard InChI is InChI=1S/C24H32N2O8/c1-7-9-31-23(29)17(5)33-11-19-15(3)21(25-13-27)22(26-14-28)16(4)20(19)12-34-18(6)24(30)32-10-8-2/h17-18H,7-12H2,1-6H3/t17-,18-/m0/s1. The molecule has 0 saturated carbocycles. The van der Waals surface area contributed by atoms with E-state index in [9.17, 15) is 19.2 Å². The molecule has 0 radical (unpaired) electrons. The van der Waals surface area contributed by atoms with E-state index in [2.05, 4.69) is 9.98 Å². The largest absolute Gasteiger partial charge is 0.464 e. The van der Waals surface area contributed by atoms with Crippen LogP contribution in [0.25, 0.3) is 0 Å².